The Morgan fingerprint density at radius 1 is 1.33 bits per heavy atom. The molecule has 0 aliphatic carbocycles. The number of benzene rings is 1. The largest absolute Gasteiger partial charge is 0.486 e. The minimum Gasteiger partial charge on any atom is -0.486 e. The van der Waals surface area contributed by atoms with Crippen molar-refractivity contribution in [1.82, 2.24) is 14.7 Å². The lowest BCUT2D eigenvalue weighted by molar-refractivity contribution is -0.143. The van der Waals surface area contributed by atoms with Crippen LogP contribution in [0.2, 0.25) is 0 Å². The summed E-state index contributed by atoms with van der Waals surface area (Å²) >= 11 is 0. The van der Waals surface area contributed by atoms with Crippen molar-refractivity contribution in [3.63, 3.8) is 0 Å². The van der Waals surface area contributed by atoms with Crippen LogP contribution in [0.25, 0.3) is 0 Å². The Hall–Kier alpha value is -2.54. The number of amides is 1. The third kappa shape index (κ3) is 3.93. The van der Waals surface area contributed by atoms with Gasteiger partial charge in [0.1, 0.15) is 12.7 Å². The maximum absolute atomic E-state index is 13.1. The van der Waals surface area contributed by atoms with Crippen LogP contribution in [0.3, 0.4) is 0 Å². The van der Waals surface area contributed by atoms with Gasteiger partial charge in [0.15, 0.2) is 17.6 Å². The van der Waals surface area contributed by atoms with Crippen LogP contribution in [0.4, 0.5) is 0 Å². The summed E-state index contributed by atoms with van der Waals surface area (Å²) in [5.74, 6) is 1.47. The summed E-state index contributed by atoms with van der Waals surface area (Å²) in [4.78, 5) is 14.9. The molecule has 2 aliphatic rings. The van der Waals surface area contributed by atoms with E-state index in [2.05, 4.69) is 5.10 Å². The number of fused-ring (bicyclic) bond motifs is 1. The molecular formula is C20H25N3O4. The summed E-state index contributed by atoms with van der Waals surface area (Å²) in [7, 11) is 1.90. The standard InChI is InChI=1S/C20H25N3O4/c1-14-10-15(22(2)21-14)11-23(20(24)19-8-5-9-25-19)12-16-13-26-17-6-3-4-7-18(17)27-16/h3-4,6-7,10,16,19H,5,8-9,11-13H2,1-2H3/t16-,19-/m0/s1. The molecule has 3 heterocycles. The highest BCUT2D eigenvalue weighted by Crippen LogP contribution is 2.31. The first-order chi connectivity index (χ1) is 13.1. The van der Waals surface area contributed by atoms with E-state index in [1.165, 1.54) is 0 Å². The quantitative estimate of drug-likeness (QED) is 0.805. The van der Waals surface area contributed by atoms with Gasteiger partial charge in [-0.1, -0.05) is 12.1 Å². The number of carbonyl (C=O) groups is 1. The Labute approximate surface area is 158 Å². The molecule has 0 saturated carbocycles. The summed E-state index contributed by atoms with van der Waals surface area (Å²) in [6, 6.07) is 9.61. The van der Waals surface area contributed by atoms with Gasteiger partial charge in [0.25, 0.3) is 5.91 Å². The van der Waals surface area contributed by atoms with Gasteiger partial charge in [0, 0.05) is 13.7 Å². The van der Waals surface area contributed by atoms with Gasteiger partial charge in [-0.2, -0.15) is 5.10 Å². The predicted molar refractivity (Wildman–Crippen MR) is 98.7 cm³/mol. The Bertz CT molecular complexity index is 813. The number of hydrogen-bond donors (Lipinski definition) is 0. The average Bonchev–Trinajstić information content (AvgIpc) is 3.30. The van der Waals surface area contributed by atoms with Crippen molar-refractivity contribution in [2.24, 2.45) is 7.05 Å². The molecule has 0 radical (unpaired) electrons. The SMILES string of the molecule is Cc1cc(CN(C[C@H]2COc3ccccc3O2)C(=O)[C@@H]2CCCO2)n(C)n1. The highest BCUT2D eigenvalue weighted by molar-refractivity contribution is 5.81. The molecule has 1 aromatic heterocycles. The van der Waals surface area contributed by atoms with Gasteiger partial charge in [-0.15, -0.1) is 0 Å². The molecule has 4 rings (SSSR count). The smallest absolute Gasteiger partial charge is 0.252 e. The van der Waals surface area contributed by atoms with Crippen molar-refractivity contribution in [1.29, 1.82) is 0 Å². The van der Waals surface area contributed by atoms with Crippen molar-refractivity contribution >= 4 is 5.91 Å². The molecule has 2 aromatic rings. The number of hydrogen-bond acceptors (Lipinski definition) is 5. The van der Waals surface area contributed by atoms with Crippen molar-refractivity contribution in [3.05, 3.63) is 41.7 Å². The number of aromatic nitrogens is 2. The summed E-state index contributed by atoms with van der Waals surface area (Å²) in [5, 5.41) is 4.39. The first-order valence-corrected chi connectivity index (χ1v) is 9.38. The topological polar surface area (TPSA) is 65.8 Å². The first-order valence-electron chi connectivity index (χ1n) is 9.38. The number of ether oxygens (including phenoxy) is 3. The highest BCUT2D eigenvalue weighted by Gasteiger charge is 2.32. The van der Waals surface area contributed by atoms with Crippen LogP contribution in [0.1, 0.15) is 24.2 Å². The van der Waals surface area contributed by atoms with Gasteiger partial charge < -0.3 is 19.1 Å². The van der Waals surface area contributed by atoms with Crippen molar-refractivity contribution in [2.45, 2.75) is 38.5 Å². The number of aryl methyl sites for hydroxylation is 2. The number of nitrogens with zero attached hydrogens (tertiary/aromatic N) is 3. The molecule has 0 spiro atoms. The maximum Gasteiger partial charge on any atom is 0.252 e. The Morgan fingerprint density at radius 3 is 2.85 bits per heavy atom. The molecule has 7 heteroatoms. The van der Waals surface area contributed by atoms with Crippen LogP contribution < -0.4 is 9.47 Å². The van der Waals surface area contributed by atoms with Gasteiger partial charge in [0.05, 0.1) is 24.5 Å². The van der Waals surface area contributed by atoms with Crippen molar-refractivity contribution in [3.8, 4) is 11.5 Å². The third-order valence-corrected chi connectivity index (χ3v) is 4.96. The third-order valence-electron chi connectivity index (χ3n) is 4.96. The average molecular weight is 371 g/mol. The Balaban J connectivity index is 1.51. The molecular weight excluding hydrogens is 346 g/mol. The summed E-state index contributed by atoms with van der Waals surface area (Å²) < 4.78 is 19.3. The number of carbonyl (C=O) groups excluding carboxylic acids is 1. The molecule has 7 nitrogen and oxygen atoms in total. The van der Waals surface area contributed by atoms with Gasteiger partial charge in [-0.3, -0.25) is 9.48 Å². The monoisotopic (exact) mass is 371 g/mol. The zero-order valence-corrected chi connectivity index (χ0v) is 15.8. The summed E-state index contributed by atoms with van der Waals surface area (Å²) in [5.41, 5.74) is 1.92. The minimum absolute atomic E-state index is 0.00816. The molecule has 0 unspecified atom stereocenters. The molecule has 1 aromatic carbocycles. The molecule has 1 amide bonds. The van der Waals surface area contributed by atoms with Crippen LogP contribution in [0, 0.1) is 6.92 Å². The van der Waals surface area contributed by atoms with Crippen LogP contribution in [-0.2, 0) is 23.1 Å². The highest BCUT2D eigenvalue weighted by atomic mass is 16.6. The lowest BCUT2D eigenvalue weighted by Gasteiger charge is -2.32. The Kier molecular flexibility index (Phi) is 5.03. The fourth-order valence-corrected chi connectivity index (χ4v) is 3.62. The second-order valence-electron chi connectivity index (χ2n) is 7.12. The zero-order chi connectivity index (χ0) is 18.8. The lowest BCUT2D eigenvalue weighted by Crippen LogP contribution is -2.46. The minimum atomic E-state index is -0.365. The van der Waals surface area contributed by atoms with E-state index in [4.69, 9.17) is 14.2 Å². The van der Waals surface area contributed by atoms with Crippen LogP contribution >= 0.6 is 0 Å². The van der Waals surface area contributed by atoms with Crippen LogP contribution in [0.15, 0.2) is 30.3 Å². The van der Waals surface area contributed by atoms with Crippen molar-refractivity contribution in [2.75, 3.05) is 19.8 Å². The second-order valence-corrected chi connectivity index (χ2v) is 7.12. The molecule has 2 atom stereocenters. The van der Waals surface area contributed by atoms with E-state index >= 15 is 0 Å². The number of para-hydroxylation sites is 2. The molecule has 0 N–H and O–H groups in total. The van der Waals surface area contributed by atoms with Gasteiger partial charge in [0.2, 0.25) is 0 Å². The van der Waals surface area contributed by atoms with Crippen LogP contribution in [-0.4, -0.2) is 52.6 Å². The zero-order valence-electron chi connectivity index (χ0n) is 15.8. The van der Waals surface area contributed by atoms with Gasteiger partial charge >= 0.3 is 0 Å². The molecule has 27 heavy (non-hydrogen) atoms. The fourth-order valence-electron chi connectivity index (χ4n) is 3.62. The normalized spacial score (nSPS) is 21.3. The van der Waals surface area contributed by atoms with E-state index in [1.54, 1.807) is 0 Å². The molecule has 1 saturated heterocycles. The second kappa shape index (κ2) is 7.60. The molecule has 2 aliphatic heterocycles. The first kappa shape index (κ1) is 17.9. The van der Waals surface area contributed by atoms with E-state index in [-0.39, 0.29) is 18.1 Å². The molecule has 144 valence electrons. The molecule has 0 bridgehead atoms. The number of rotatable bonds is 5. The Morgan fingerprint density at radius 2 is 2.15 bits per heavy atom. The van der Waals surface area contributed by atoms with Crippen molar-refractivity contribution < 1.29 is 19.0 Å². The summed E-state index contributed by atoms with van der Waals surface area (Å²) in [6.07, 6.45) is 1.10. The molecule has 1 fully saturated rings. The van der Waals surface area contributed by atoms with Crippen LogP contribution in [0.5, 0.6) is 11.5 Å². The lowest BCUT2D eigenvalue weighted by atomic mass is 10.2. The van der Waals surface area contributed by atoms with E-state index < -0.39 is 0 Å². The van der Waals surface area contributed by atoms with E-state index in [0.717, 1.165) is 35.7 Å². The van der Waals surface area contributed by atoms with E-state index in [9.17, 15) is 4.79 Å². The fraction of sp³-hybridized carbons (Fsp3) is 0.500. The summed E-state index contributed by atoms with van der Waals surface area (Å²) in [6.45, 7) is 3.92. The van der Waals surface area contributed by atoms with Gasteiger partial charge in [-0.25, -0.2) is 0 Å². The van der Waals surface area contributed by atoms with E-state index in [0.29, 0.717) is 26.3 Å². The maximum atomic E-state index is 13.1. The predicted octanol–water partition coefficient (Wildman–Crippen LogP) is 2.08. The van der Waals surface area contributed by atoms with E-state index in [1.807, 2.05) is 53.9 Å². The van der Waals surface area contributed by atoms with Gasteiger partial charge in [-0.05, 0) is 38.0 Å².